The van der Waals surface area contributed by atoms with Crippen molar-refractivity contribution in [3.63, 3.8) is 0 Å². The number of rotatable bonds is 3. The molecule has 0 fully saturated rings. The number of fused-ring (bicyclic) bond motifs is 8. The van der Waals surface area contributed by atoms with Gasteiger partial charge in [-0.25, -0.2) is 0 Å². The van der Waals surface area contributed by atoms with E-state index in [0.29, 0.717) is 0 Å². The van der Waals surface area contributed by atoms with Crippen LogP contribution in [0.4, 0.5) is 0 Å². The first-order valence-corrected chi connectivity index (χ1v) is 16.0. The van der Waals surface area contributed by atoms with Crippen LogP contribution in [0.3, 0.4) is 0 Å². The summed E-state index contributed by atoms with van der Waals surface area (Å²) in [4.78, 5) is 0. The third kappa shape index (κ3) is 3.62. The first-order chi connectivity index (χ1) is 22.8. The second kappa shape index (κ2) is 9.76. The maximum Gasteiger partial charge on any atom is -0.00201 e. The van der Waals surface area contributed by atoms with E-state index in [9.17, 15) is 0 Å². The number of hydrogen-bond donors (Lipinski definition) is 0. The van der Waals surface area contributed by atoms with Crippen molar-refractivity contribution in [3.8, 4) is 55.6 Å². The predicted molar refractivity (Wildman–Crippen MR) is 197 cm³/mol. The van der Waals surface area contributed by atoms with Gasteiger partial charge in [0.1, 0.15) is 0 Å². The van der Waals surface area contributed by atoms with Crippen LogP contribution < -0.4 is 0 Å². The van der Waals surface area contributed by atoms with Crippen LogP contribution in [0.5, 0.6) is 0 Å². The zero-order valence-corrected chi connectivity index (χ0v) is 25.2. The molecule has 0 saturated heterocycles. The Morgan fingerprint density at radius 1 is 0.196 bits per heavy atom. The average Bonchev–Trinajstić information content (AvgIpc) is 3.45. The molecule has 0 bridgehead atoms. The summed E-state index contributed by atoms with van der Waals surface area (Å²) < 4.78 is 0. The second-order valence-electron chi connectivity index (χ2n) is 12.4. The minimum atomic E-state index is 1.24. The number of hydrogen-bond acceptors (Lipinski definition) is 0. The monoisotopic (exact) mass is 580 g/mol. The van der Waals surface area contributed by atoms with Gasteiger partial charge >= 0.3 is 0 Å². The maximum atomic E-state index is 2.49. The highest BCUT2D eigenvalue weighted by Gasteiger charge is 2.25. The van der Waals surface area contributed by atoms with Crippen molar-refractivity contribution in [2.24, 2.45) is 0 Å². The van der Waals surface area contributed by atoms with Crippen LogP contribution in [0.15, 0.2) is 170 Å². The minimum Gasteiger partial charge on any atom is -0.0622 e. The smallest absolute Gasteiger partial charge is 0.00201 e. The van der Waals surface area contributed by atoms with Crippen molar-refractivity contribution >= 4 is 43.1 Å². The van der Waals surface area contributed by atoms with Crippen LogP contribution in [-0.2, 0) is 0 Å². The van der Waals surface area contributed by atoms with E-state index in [4.69, 9.17) is 0 Å². The van der Waals surface area contributed by atoms with Gasteiger partial charge in [-0.15, -0.1) is 0 Å². The summed E-state index contributed by atoms with van der Waals surface area (Å²) >= 11 is 0. The Kier molecular flexibility index (Phi) is 5.38. The van der Waals surface area contributed by atoms with E-state index < -0.39 is 0 Å². The van der Waals surface area contributed by atoms with E-state index in [2.05, 4.69) is 170 Å². The van der Waals surface area contributed by atoms with Crippen molar-refractivity contribution in [1.29, 1.82) is 0 Å². The molecule has 0 atom stereocenters. The van der Waals surface area contributed by atoms with E-state index in [-0.39, 0.29) is 0 Å². The molecule has 0 heterocycles. The highest BCUT2D eigenvalue weighted by atomic mass is 14.3. The molecule has 0 aliphatic heterocycles. The van der Waals surface area contributed by atoms with Gasteiger partial charge in [0.15, 0.2) is 0 Å². The molecule has 0 spiro atoms. The Labute approximate surface area is 267 Å². The lowest BCUT2D eigenvalue weighted by Gasteiger charge is -2.17. The summed E-state index contributed by atoms with van der Waals surface area (Å²) in [5.41, 5.74) is 12.9. The van der Waals surface area contributed by atoms with Crippen molar-refractivity contribution < 1.29 is 0 Å². The van der Waals surface area contributed by atoms with Gasteiger partial charge in [0, 0.05) is 0 Å². The van der Waals surface area contributed by atoms with E-state index in [1.165, 1.54) is 98.7 Å². The molecular weight excluding hydrogens is 553 g/mol. The fraction of sp³-hybridized carbons (Fsp3) is 0. The molecule has 0 N–H and O–H groups in total. The van der Waals surface area contributed by atoms with Crippen LogP contribution in [0, 0.1) is 0 Å². The largest absolute Gasteiger partial charge is 0.0622 e. The van der Waals surface area contributed by atoms with Gasteiger partial charge in [0.05, 0.1) is 0 Å². The molecular formula is C46H28. The Hall–Kier alpha value is -5.98. The summed E-state index contributed by atoms with van der Waals surface area (Å²) in [7, 11) is 0. The molecule has 1 aliphatic rings. The third-order valence-corrected chi connectivity index (χ3v) is 9.99. The topological polar surface area (TPSA) is 0 Å². The molecule has 0 heteroatoms. The first kappa shape index (κ1) is 25.4. The Morgan fingerprint density at radius 3 is 1.26 bits per heavy atom. The van der Waals surface area contributed by atoms with E-state index in [1.54, 1.807) is 0 Å². The van der Waals surface area contributed by atoms with Gasteiger partial charge in [-0.1, -0.05) is 146 Å². The maximum absolute atomic E-state index is 2.49. The predicted octanol–water partition coefficient (Wildman–Crippen LogP) is 12.9. The molecule has 1 aliphatic carbocycles. The standard InChI is InChI=1S/C46H28/c1-4-13-29(14-5-1)32-23-24-37-42-27-43-39(31-17-8-3-9-18-31)26-40-34-20-11-10-19-33(34)38(30-15-6-2-7-16-30)25-44(40)45(43)28-41(42)36-22-12-21-35(32)46(36)37/h1-28H. The van der Waals surface area contributed by atoms with Crippen LogP contribution in [0.1, 0.15) is 0 Å². The second-order valence-corrected chi connectivity index (χ2v) is 12.4. The lowest BCUT2D eigenvalue weighted by atomic mass is 9.86. The lowest BCUT2D eigenvalue weighted by molar-refractivity contribution is 1.65. The van der Waals surface area contributed by atoms with E-state index in [1.807, 2.05) is 0 Å². The summed E-state index contributed by atoms with van der Waals surface area (Å²) in [6, 6.07) is 62.7. The fourth-order valence-corrected chi connectivity index (χ4v) is 7.93. The quantitative estimate of drug-likeness (QED) is 0.182. The van der Waals surface area contributed by atoms with Gasteiger partial charge in [0.2, 0.25) is 0 Å². The zero-order chi connectivity index (χ0) is 30.2. The molecule has 0 radical (unpaired) electrons. The zero-order valence-electron chi connectivity index (χ0n) is 25.2. The van der Waals surface area contributed by atoms with Gasteiger partial charge < -0.3 is 0 Å². The molecule has 10 rings (SSSR count). The van der Waals surface area contributed by atoms with Crippen molar-refractivity contribution in [1.82, 2.24) is 0 Å². The highest BCUT2D eigenvalue weighted by molar-refractivity contribution is 6.27. The molecule has 212 valence electrons. The SMILES string of the molecule is c1ccc(-c2ccc3c4c(cccc24)-c2cc4c(cc2-3)c(-c2ccccc2)cc2c3ccccc3c(-c3ccccc3)cc42)cc1. The van der Waals surface area contributed by atoms with Crippen LogP contribution in [-0.4, -0.2) is 0 Å². The lowest BCUT2D eigenvalue weighted by Crippen LogP contribution is -1.90. The van der Waals surface area contributed by atoms with Crippen molar-refractivity contribution in [2.45, 2.75) is 0 Å². The molecule has 46 heavy (non-hydrogen) atoms. The Balaban J connectivity index is 1.35. The minimum absolute atomic E-state index is 1.24. The van der Waals surface area contributed by atoms with Crippen molar-refractivity contribution in [2.75, 3.05) is 0 Å². The average molecular weight is 581 g/mol. The molecule has 0 amide bonds. The van der Waals surface area contributed by atoms with Gasteiger partial charge in [-0.2, -0.15) is 0 Å². The molecule has 0 unspecified atom stereocenters. The van der Waals surface area contributed by atoms with Crippen molar-refractivity contribution in [3.05, 3.63) is 170 Å². The van der Waals surface area contributed by atoms with Crippen LogP contribution in [0.25, 0.3) is 98.7 Å². The van der Waals surface area contributed by atoms with Crippen LogP contribution in [0.2, 0.25) is 0 Å². The molecule has 9 aromatic carbocycles. The van der Waals surface area contributed by atoms with Gasteiger partial charge in [-0.3, -0.25) is 0 Å². The molecule has 0 saturated carbocycles. The normalized spacial score (nSPS) is 11.9. The number of benzene rings is 9. The molecule has 0 aromatic heterocycles. The summed E-state index contributed by atoms with van der Waals surface area (Å²) in [5.74, 6) is 0. The fourth-order valence-electron chi connectivity index (χ4n) is 7.93. The van der Waals surface area contributed by atoms with E-state index in [0.717, 1.165) is 0 Å². The summed E-state index contributed by atoms with van der Waals surface area (Å²) in [5, 5.41) is 10.4. The summed E-state index contributed by atoms with van der Waals surface area (Å²) in [6.45, 7) is 0. The van der Waals surface area contributed by atoms with E-state index >= 15 is 0 Å². The summed E-state index contributed by atoms with van der Waals surface area (Å²) in [6.07, 6.45) is 0. The Bertz CT molecular complexity index is 2650. The third-order valence-electron chi connectivity index (χ3n) is 9.99. The molecule has 0 nitrogen and oxygen atoms in total. The van der Waals surface area contributed by atoms with Crippen LogP contribution >= 0.6 is 0 Å². The first-order valence-electron chi connectivity index (χ1n) is 16.0. The van der Waals surface area contributed by atoms with Gasteiger partial charge in [-0.05, 0) is 123 Å². The van der Waals surface area contributed by atoms with Gasteiger partial charge in [0.25, 0.3) is 0 Å². The molecule has 9 aromatic rings. The Morgan fingerprint density at radius 2 is 0.609 bits per heavy atom. The highest BCUT2D eigenvalue weighted by Crippen LogP contribution is 2.52.